The summed E-state index contributed by atoms with van der Waals surface area (Å²) in [5.41, 5.74) is 2.00. The maximum absolute atomic E-state index is 12.9. The Bertz CT molecular complexity index is 1080. The number of carbonyl (C=O) groups is 2. The number of hydrogen-bond acceptors (Lipinski definition) is 4. The molecule has 0 fully saturated rings. The van der Waals surface area contributed by atoms with E-state index in [-0.39, 0.29) is 12.0 Å². The first kappa shape index (κ1) is 25.1. The fourth-order valence-electron chi connectivity index (χ4n) is 3.30. The molecule has 0 atom stereocenters. The second kappa shape index (κ2) is 13.3. The Balaban J connectivity index is 1.72. The van der Waals surface area contributed by atoms with E-state index in [1.807, 2.05) is 61.5 Å². The molecule has 0 heterocycles. The monoisotopic (exact) mass is 474 g/mol. The van der Waals surface area contributed by atoms with Gasteiger partial charge in [0.2, 0.25) is 0 Å². The Labute approximate surface area is 205 Å². The van der Waals surface area contributed by atoms with Crippen LogP contribution in [0.2, 0.25) is 0 Å². The van der Waals surface area contributed by atoms with Crippen molar-refractivity contribution in [2.24, 2.45) is 0 Å². The number of anilines is 1. The number of rotatable bonds is 11. The second-order valence-corrected chi connectivity index (χ2v) is 8.80. The van der Waals surface area contributed by atoms with Gasteiger partial charge in [0, 0.05) is 35.0 Å². The predicted molar refractivity (Wildman–Crippen MR) is 139 cm³/mol. The number of esters is 1. The first-order chi connectivity index (χ1) is 16.6. The summed E-state index contributed by atoms with van der Waals surface area (Å²) < 4.78 is 5.33. The molecule has 0 saturated heterocycles. The minimum absolute atomic E-state index is 0.156. The van der Waals surface area contributed by atoms with Gasteiger partial charge in [0.1, 0.15) is 5.75 Å². The van der Waals surface area contributed by atoms with Crippen LogP contribution in [0.1, 0.15) is 25.3 Å². The third kappa shape index (κ3) is 7.81. The van der Waals surface area contributed by atoms with Gasteiger partial charge in [0.15, 0.2) is 0 Å². The summed E-state index contributed by atoms with van der Waals surface area (Å²) in [6.07, 6.45) is 3.59. The molecule has 0 aliphatic carbocycles. The van der Waals surface area contributed by atoms with Gasteiger partial charge in [-0.15, -0.1) is 6.58 Å². The summed E-state index contributed by atoms with van der Waals surface area (Å²) in [5.74, 6) is 0.323. The molecule has 0 unspecified atom stereocenters. The molecule has 3 rings (SSSR count). The summed E-state index contributed by atoms with van der Waals surface area (Å²) in [7, 11) is 0. The molecule has 176 valence electrons. The van der Waals surface area contributed by atoms with Gasteiger partial charge in [0.25, 0.3) is 0 Å². The van der Waals surface area contributed by atoms with Gasteiger partial charge in [-0.2, -0.15) is 0 Å². The van der Waals surface area contributed by atoms with Gasteiger partial charge >= 0.3 is 12.0 Å². The van der Waals surface area contributed by atoms with Gasteiger partial charge in [-0.05, 0) is 60.9 Å². The van der Waals surface area contributed by atoms with E-state index in [9.17, 15) is 9.59 Å². The second-order valence-electron chi connectivity index (χ2n) is 7.66. The van der Waals surface area contributed by atoms with E-state index in [2.05, 4.69) is 24.0 Å². The predicted octanol–water partition coefficient (Wildman–Crippen LogP) is 6.49. The smallest absolute Gasteiger partial charge is 0.322 e. The van der Waals surface area contributed by atoms with Crippen molar-refractivity contribution in [2.75, 3.05) is 18.0 Å². The number of benzene rings is 3. The number of nitrogens with zero attached hydrogens (tertiary/aromatic N) is 1. The fraction of sp³-hybridized carbons (Fsp3) is 0.214. The highest BCUT2D eigenvalue weighted by Gasteiger charge is 2.16. The zero-order valence-electron chi connectivity index (χ0n) is 19.4. The van der Waals surface area contributed by atoms with E-state index in [0.29, 0.717) is 25.3 Å². The van der Waals surface area contributed by atoms with Gasteiger partial charge in [-0.1, -0.05) is 61.2 Å². The lowest BCUT2D eigenvalue weighted by Gasteiger charge is -2.23. The molecule has 0 aromatic heterocycles. The minimum atomic E-state index is -0.221. The summed E-state index contributed by atoms with van der Waals surface area (Å²) in [5, 5.41) is 2.89. The van der Waals surface area contributed by atoms with Crippen LogP contribution < -0.4 is 15.0 Å². The lowest BCUT2D eigenvalue weighted by Crippen LogP contribution is -2.41. The van der Waals surface area contributed by atoms with Gasteiger partial charge in [0.05, 0.1) is 0 Å². The van der Waals surface area contributed by atoms with Crippen molar-refractivity contribution in [1.82, 2.24) is 5.32 Å². The van der Waals surface area contributed by atoms with Crippen LogP contribution in [0.3, 0.4) is 0 Å². The van der Waals surface area contributed by atoms with Crippen LogP contribution in [0, 0.1) is 0 Å². The van der Waals surface area contributed by atoms with E-state index in [0.717, 1.165) is 28.3 Å². The van der Waals surface area contributed by atoms with Gasteiger partial charge in [-0.3, -0.25) is 9.69 Å². The lowest BCUT2D eigenvalue weighted by atomic mass is 10.1. The van der Waals surface area contributed by atoms with Crippen molar-refractivity contribution in [3.63, 3.8) is 0 Å². The van der Waals surface area contributed by atoms with E-state index < -0.39 is 0 Å². The lowest BCUT2D eigenvalue weighted by molar-refractivity contribution is -0.134. The van der Waals surface area contributed by atoms with E-state index in [1.165, 1.54) is 5.56 Å². The van der Waals surface area contributed by atoms with Crippen LogP contribution in [0.15, 0.2) is 101 Å². The molecule has 0 radical (unpaired) electrons. The summed E-state index contributed by atoms with van der Waals surface area (Å²) in [6, 6.07) is 25.3. The normalized spacial score (nSPS) is 10.4. The standard InChI is InChI=1S/C28H30N2O3S/c1-3-9-27(31)33-24-14-16-25(17-15-24)34-26-13-8-12-23(21-26)30(28(32)29-19-4-2)20-18-22-10-6-5-7-11-22/h4-8,10-17,21H,2-3,9,18-20H2,1H3,(H,29,32). The van der Waals surface area contributed by atoms with Crippen LogP contribution in [-0.2, 0) is 11.2 Å². The molecule has 2 amide bonds. The number of amides is 2. The maximum atomic E-state index is 12.9. The molecule has 1 N–H and O–H groups in total. The third-order valence-electron chi connectivity index (χ3n) is 4.98. The molecule has 6 heteroatoms. The molecule has 0 aliphatic rings. The van der Waals surface area contributed by atoms with Crippen LogP contribution >= 0.6 is 11.8 Å². The van der Waals surface area contributed by atoms with Crippen LogP contribution in [-0.4, -0.2) is 25.1 Å². The van der Waals surface area contributed by atoms with Crippen molar-refractivity contribution >= 4 is 29.4 Å². The van der Waals surface area contributed by atoms with Crippen molar-refractivity contribution in [3.05, 3.63) is 97.1 Å². The van der Waals surface area contributed by atoms with Crippen molar-refractivity contribution in [3.8, 4) is 5.75 Å². The molecule has 0 aliphatic heterocycles. The quantitative estimate of drug-likeness (QED) is 0.196. The van der Waals surface area contributed by atoms with Crippen LogP contribution in [0.5, 0.6) is 5.75 Å². The largest absolute Gasteiger partial charge is 0.427 e. The highest BCUT2D eigenvalue weighted by atomic mass is 32.2. The highest BCUT2D eigenvalue weighted by Crippen LogP contribution is 2.31. The Hall–Kier alpha value is -3.51. The average molecular weight is 475 g/mol. The highest BCUT2D eigenvalue weighted by molar-refractivity contribution is 7.99. The molecule has 3 aromatic carbocycles. The van der Waals surface area contributed by atoms with Crippen molar-refractivity contribution in [2.45, 2.75) is 36.0 Å². The zero-order valence-corrected chi connectivity index (χ0v) is 20.2. The summed E-state index contributed by atoms with van der Waals surface area (Å²) in [6.45, 7) is 6.59. The summed E-state index contributed by atoms with van der Waals surface area (Å²) in [4.78, 5) is 28.4. The first-order valence-corrected chi connectivity index (χ1v) is 12.2. The van der Waals surface area contributed by atoms with Crippen molar-refractivity contribution < 1.29 is 14.3 Å². The molecular formula is C28H30N2O3S. The van der Waals surface area contributed by atoms with Crippen LogP contribution in [0.4, 0.5) is 10.5 Å². The molecule has 5 nitrogen and oxygen atoms in total. The third-order valence-corrected chi connectivity index (χ3v) is 5.98. The fourth-order valence-corrected chi connectivity index (χ4v) is 4.17. The molecule has 0 saturated carbocycles. The number of ether oxygens (including phenoxy) is 1. The Morgan fingerprint density at radius 3 is 2.47 bits per heavy atom. The number of carbonyl (C=O) groups excluding carboxylic acids is 2. The number of hydrogen-bond donors (Lipinski definition) is 1. The van der Waals surface area contributed by atoms with E-state index >= 15 is 0 Å². The molecule has 3 aromatic rings. The SMILES string of the molecule is C=CCNC(=O)N(CCc1ccccc1)c1cccc(Sc2ccc(OC(=O)CCC)cc2)c1. The maximum Gasteiger partial charge on any atom is 0.322 e. The van der Waals surface area contributed by atoms with Crippen LogP contribution in [0.25, 0.3) is 0 Å². The number of nitrogens with one attached hydrogen (secondary N) is 1. The topological polar surface area (TPSA) is 58.6 Å². The number of urea groups is 1. The van der Waals surface area contributed by atoms with Gasteiger partial charge < -0.3 is 10.1 Å². The van der Waals surface area contributed by atoms with E-state index in [4.69, 9.17) is 4.74 Å². The van der Waals surface area contributed by atoms with Gasteiger partial charge in [-0.25, -0.2) is 4.79 Å². The Kier molecular flexibility index (Phi) is 9.80. The molecule has 0 spiro atoms. The summed E-state index contributed by atoms with van der Waals surface area (Å²) >= 11 is 1.59. The zero-order chi connectivity index (χ0) is 24.2. The molecular weight excluding hydrogens is 444 g/mol. The molecule has 0 bridgehead atoms. The average Bonchev–Trinajstić information content (AvgIpc) is 2.85. The molecule has 34 heavy (non-hydrogen) atoms. The Morgan fingerprint density at radius 2 is 1.76 bits per heavy atom. The van der Waals surface area contributed by atoms with Crippen molar-refractivity contribution in [1.29, 1.82) is 0 Å². The Morgan fingerprint density at radius 1 is 1.00 bits per heavy atom. The minimum Gasteiger partial charge on any atom is -0.427 e. The first-order valence-electron chi connectivity index (χ1n) is 11.4. The van der Waals surface area contributed by atoms with E-state index in [1.54, 1.807) is 34.9 Å².